The second-order valence-corrected chi connectivity index (χ2v) is 5.24. The summed E-state index contributed by atoms with van der Waals surface area (Å²) in [6, 6.07) is 19.2. The minimum atomic E-state index is -0.400. The normalized spacial score (nSPS) is 11.7. The van der Waals surface area contributed by atoms with Crippen molar-refractivity contribution in [2.24, 2.45) is 0 Å². The Hall–Kier alpha value is -3.12. The van der Waals surface area contributed by atoms with E-state index in [4.69, 9.17) is 0 Å². The maximum atomic E-state index is 12.3. The van der Waals surface area contributed by atoms with Gasteiger partial charge in [-0.15, -0.1) is 0 Å². The average molecular weight is 302 g/mol. The Labute approximate surface area is 136 Å². The molecule has 1 amide bonds. The lowest BCUT2D eigenvalue weighted by Gasteiger charge is -2.07. The fraction of sp³-hybridized carbons (Fsp3) is 0.100. The van der Waals surface area contributed by atoms with Gasteiger partial charge >= 0.3 is 0 Å². The summed E-state index contributed by atoms with van der Waals surface area (Å²) in [6.45, 7) is 3.78. The highest BCUT2D eigenvalue weighted by Gasteiger charge is 2.10. The van der Waals surface area contributed by atoms with Crippen LogP contribution in [0.2, 0.25) is 0 Å². The zero-order chi connectivity index (χ0) is 16.7. The minimum absolute atomic E-state index is 0.0814. The van der Waals surface area contributed by atoms with E-state index >= 15 is 0 Å². The third kappa shape index (κ3) is 4.69. The number of aryl methyl sites for hydroxylation is 1. The lowest BCUT2D eigenvalue weighted by Crippen LogP contribution is -2.14. The molecule has 114 valence electrons. The van der Waals surface area contributed by atoms with Crippen molar-refractivity contribution in [3.63, 3.8) is 0 Å². The smallest absolute Gasteiger partial charge is 0.266 e. The van der Waals surface area contributed by atoms with Crippen LogP contribution in [0.3, 0.4) is 0 Å². The number of para-hydroxylation sites is 1. The Morgan fingerprint density at radius 2 is 1.74 bits per heavy atom. The molecule has 0 fully saturated rings. The van der Waals surface area contributed by atoms with E-state index in [2.05, 4.69) is 5.32 Å². The number of nitrogens with zero attached hydrogens (tertiary/aromatic N) is 1. The zero-order valence-electron chi connectivity index (χ0n) is 13.2. The van der Waals surface area contributed by atoms with Crippen molar-refractivity contribution in [2.75, 3.05) is 5.32 Å². The fourth-order valence-electron chi connectivity index (χ4n) is 2.13. The first-order valence-corrected chi connectivity index (χ1v) is 7.32. The molecule has 0 bridgehead atoms. The highest BCUT2D eigenvalue weighted by atomic mass is 16.1. The van der Waals surface area contributed by atoms with Crippen LogP contribution >= 0.6 is 0 Å². The van der Waals surface area contributed by atoms with Gasteiger partial charge in [-0.25, -0.2) is 0 Å². The first kappa shape index (κ1) is 16.3. The van der Waals surface area contributed by atoms with E-state index in [-0.39, 0.29) is 5.57 Å². The molecular formula is C20H18N2O. The van der Waals surface area contributed by atoms with Gasteiger partial charge in [-0.2, -0.15) is 5.26 Å². The lowest BCUT2D eigenvalue weighted by molar-refractivity contribution is -0.112. The molecule has 0 aliphatic carbocycles. The summed E-state index contributed by atoms with van der Waals surface area (Å²) < 4.78 is 0. The summed E-state index contributed by atoms with van der Waals surface area (Å²) in [5.74, 6) is -0.400. The number of carbonyl (C=O) groups excluding carboxylic acids is 1. The van der Waals surface area contributed by atoms with Crippen molar-refractivity contribution in [1.82, 2.24) is 0 Å². The third-order valence-electron chi connectivity index (χ3n) is 3.32. The van der Waals surface area contributed by atoms with Crippen LogP contribution in [-0.2, 0) is 4.79 Å². The first-order chi connectivity index (χ1) is 11.1. The molecule has 0 heterocycles. The van der Waals surface area contributed by atoms with E-state index in [9.17, 15) is 10.1 Å². The van der Waals surface area contributed by atoms with Crippen LogP contribution in [0.5, 0.6) is 0 Å². The van der Waals surface area contributed by atoms with Gasteiger partial charge in [0.25, 0.3) is 5.91 Å². The molecule has 0 aliphatic heterocycles. The number of rotatable bonds is 4. The second-order valence-electron chi connectivity index (χ2n) is 5.24. The number of amides is 1. The summed E-state index contributed by atoms with van der Waals surface area (Å²) >= 11 is 0. The molecule has 0 atom stereocenters. The van der Waals surface area contributed by atoms with Crippen molar-refractivity contribution < 1.29 is 4.79 Å². The van der Waals surface area contributed by atoms with E-state index in [0.717, 1.165) is 16.7 Å². The summed E-state index contributed by atoms with van der Waals surface area (Å²) in [5.41, 5.74) is 3.61. The van der Waals surface area contributed by atoms with Crippen molar-refractivity contribution in [2.45, 2.75) is 13.8 Å². The van der Waals surface area contributed by atoms with Gasteiger partial charge in [0.2, 0.25) is 0 Å². The van der Waals surface area contributed by atoms with Gasteiger partial charge in [-0.1, -0.05) is 54.6 Å². The van der Waals surface area contributed by atoms with Gasteiger partial charge in [-0.05, 0) is 42.7 Å². The molecule has 0 spiro atoms. The molecule has 0 saturated carbocycles. The molecule has 3 nitrogen and oxygen atoms in total. The molecule has 1 N–H and O–H groups in total. The van der Waals surface area contributed by atoms with E-state index in [1.807, 2.05) is 80.6 Å². The maximum absolute atomic E-state index is 12.3. The molecule has 0 radical (unpaired) electrons. The number of allylic oxidation sites excluding steroid dienone is 2. The van der Waals surface area contributed by atoms with E-state index in [1.165, 1.54) is 0 Å². The van der Waals surface area contributed by atoms with Crippen LogP contribution in [0.4, 0.5) is 5.69 Å². The third-order valence-corrected chi connectivity index (χ3v) is 3.32. The highest BCUT2D eigenvalue weighted by Crippen LogP contribution is 2.15. The topological polar surface area (TPSA) is 52.9 Å². The van der Waals surface area contributed by atoms with Crippen LogP contribution in [0.15, 0.2) is 71.8 Å². The average Bonchev–Trinajstić information content (AvgIpc) is 2.55. The second kappa shape index (κ2) is 7.77. The van der Waals surface area contributed by atoms with Crippen LogP contribution < -0.4 is 5.32 Å². The van der Waals surface area contributed by atoms with Crippen LogP contribution in [0.25, 0.3) is 6.08 Å². The maximum Gasteiger partial charge on any atom is 0.266 e. The number of anilines is 1. The minimum Gasteiger partial charge on any atom is -0.321 e. The fourth-order valence-corrected chi connectivity index (χ4v) is 2.13. The van der Waals surface area contributed by atoms with Gasteiger partial charge in [0, 0.05) is 5.69 Å². The van der Waals surface area contributed by atoms with E-state index in [1.54, 1.807) is 6.08 Å². The van der Waals surface area contributed by atoms with Crippen LogP contribution in [0.1, 0.15) is 18.1 Å². The quantitative estimate of drug-likeness (QED) is 0.514. The molecule has 0 saturated heterocycles. The number of benzene rings is 2. The highest BCUT2D eigenvalue weighted by molar-refractivity contribution is 6.07. The standard InChI is InChI=1S/C20H18N2O/c1-15(12-17-9-4-3-5-10-17)13-18(14-21)20(23)22-19-11-7-6-8-16(19)2/h3-13H,1-2H3,(H,22,23)/b15-12+,18-13-. The van der Waals surface area contributed by atoms with Gasteiger partial charge in [0.1, 0.15) is 11.6 Å². The number of hydrogen-bond acceptors (Lipinski definition) is 2. The Morgan fingerprint density at radius 1 is 1.09 bits per heavy atom. The van der Waals surface area contributed by atoms with Gasteiger partial charge < -0.3 is 5.32 Å². The number of hydrogen-bond donors (Lipinski definition) is 1. The summed E-state index contributed by atoms with van der Waals surface area (Å²) in [5, 5.41) is 12.0. The molecule has 2 aromatic carbocycles. The van der Waals surface area contributed by atoms with Crippen molar-refractivity contribution >= 4 is 17.7 Å². The Kier molecular flexibility index (Phi) is 5.49. The van der Waals surface area contributed by atoms with Gasteiger partial charge in [0.15, 0.2) is 0 Å². The largest absolute Gasteiger partial charge is 0.321 e. The monoisotopic (exact) mass is 302 g/mol. The number of nitrogens with one attached hydrogen (secondary N) is 1. The SMILES string of the molecule is CC(/C=C(/C#N)C(=O)Nc1ccccc1C)=C\c1ccccc1. The lowest BCUT2D eigenvalue weighted by atomic mass is 10.1. The molecule has 0 aliphatic rings. The number of nitriles is 1. The number of carbonyl (C=O) groups is 1. The molecule has 3 heteroatoms. The molecular weight excluding hydrogens is 284 g/mol. The molecule has 0 unspecified atom stereocenters. The first-order valence-electron chi connectivity index (χ1n) is 7.32. The van der Waals surface area contributed by atoms with Crippen molar-refractivity contribution in [3.05, 3.63) is 82.9 Å². The molecule has 2 aromatic rings. The van der Waals surface area contributed by atoms with Crippen LogP contribution in [-0.4, -0.2) is 5.91 Å². The Morgan fingerprint density at radius 3 is 2.39 bits per heavy atom. The predicted octanol–water partition coefficient (Wildman–Crippen LogP) is 4.49. The van der Waals surface area contributed by atoms with E-state index in [0.29, 0.717) is 5.69 Å². The zero-order valence-corrected chi connectivity index (χ0v) is 13.2. The summed E-state index contributed by atoms with van der Waals surface area (Å²) in [7, 11) is 0. The summed E-state index contributed by atoms with van der Waals surface area (Å²) in [4.78, 5) is 12.3. The Balaban J connectivity index is 2.19. The molecule has 23 heavy (non-hydrogen) atoms. The van der Waals surface area contributed by atoms with Crippen molar-refractivity contribution in [3.8, 4) is 6.07 Å². The molecule has 2 rings (SSSR count). The Bertz CT molecular complexity index is 796. The van der Waals surface area contributed by atoms with Gasteiger partial charge in [-0.3, -0.25) is 4.79 Å². The molecule has 0 aromatic heterocycles. The van der Waals surface area contributed by atoms with Gasteiger partial charge in [0.05, 0.1) is 0 Å². The summed E-state index contributed by atoms with van der Waals surface area (Å²) in [6.07, 6.45) is 3.53. The van der Waals surface area contributed by atoms with Crippen LogP contribution in [0, 0.1) is 18.3 Å². The predicted molar refractivity (Wildman–Crippen MR) is 93.6 cm³/mol. The van der Waals surface area contributed by atoms with Crippen molar-refractivity contribution in [1.29, 1.82) is 5.26 Å². The van der Waals surface area contributed by atoms with E-state index < -0.39 is 5.91 Å².